The molecule has 4 aromatic rings. The molecular formula is C50H84F3N5O16P2Si4. The first kappa shape index (κ1) is 66.4. The van der Waals surface area contributed by atoms with Gasteiger partial charge in [0.15, 0.2) is 51.0 Å². The number of rotatable bonds is 20. The first-order valence-corrected chi connectivity index (χ1v) is 41.0. The molecule has 30 heteroatoms. The van der Waals surface area contributed by atoms with Crippen LogP contribution < -0.4 is 16.1 Å². The molecule has 5 heterocycles. The third-order valence-electron chi connectivity index (χ3n) is 16.7. The predicted molar refractivity (Wildman–Crippen MR) is 306 cm³/mol. The maximum absolute atomic E-state index is 14.6. The Morgan fingerprint density at radius 3 is 1.69 bits per heavy atom. The molecule has 2 fully saturated rings. The Bertz CT molecular complexity index is 3010. The molecule has 2 saturated heterocycles. The standard InChI is InChI=1S/C50H84F3N5O16P2Si4/c1-46(2,3)77(14,15)70-38-34(68-44(40(38)72-79(18,19)48(7,8)9)58-29-57-37-42(54)55-28-56-43(37)58)26-64-75(60,61)74-76(62,63-13)65-27-35-39(71-78(16,17)47(4,5)6)41(73-80(20,21)49(10,11)12)45(69-35)66-30-22-23-31-32(50(51,52)53)25-36(59)67-33(31)24-30/h22-25,28-29,34-35,38-41,44-45H,26-27H2,1-21H3,(H,60,61)(H2,54,55,56). The Morgan fingerprint density at radius 2 is 1.18 bits per heavy atom. The first-order chi connectivity index (χ1) is 36.1. The van der Waals surface area contributed by atoms with Gasteiger partial charge in [-0.05, 0) is 84.7 Å². The number of phosphoric ester groups is 2. The minimum absolute atomic E-state index is 0.0462. The van der Waals surface area contributed by atoms with Gasteiger partial charge >= 0.3 is 27.4 Å². The number of fused-ring (bicyclic) bond motifs is 2. The third-order valence-corrected chi connectivity index (χ3v) is 37.6. The van der Waals surface area contributed by atoms with E-state index in [1.807, 2.05) is 67.7 Å². The monoisotopic (exact) mass is 1240 g/mol. The number of anilines is 1. The van der Waals surface area contributed by atoms with Gasteiger partial charge in [0.2, 0.25) is 6.29 Å². The van der Waals surface area contributed by atoms with Crippen molar-refractivity contribution in [2.75, 3.05) is 26.1 Å². The molecule has 80 heavy (non-hydrogen) atoms. The van der Waals surface area contributed by atoms with E-state index in [4.69, 9.17) is 59.9 Å². The number of aromatic nitrogens is 4. The lowest BCUT2D eigenvalue weighted by Crippen LogP contribution is -2.55. The molecule has 0 amide bonds. The zero-order valence-corrected chi connectivity index (χ0v) is 55.8. The number of nitrogens with zero attached hydrogens (tertiary/aromatic N) is 4. The van der Waals surface area contributed by atoms with Crippen LogP contribution in [0.4, 0.5) is 19.0 Å². The Kier molecular flexibility index (Phi) is 19.0. The molecule has 6 rings (SSSR count). The van der Waals surface area contributed by atoms with Gasteiger partial charge in [-0.3, -0.25) is 18.1 Å². The Labute approximate surface area is 471 Å². The number of halogens is 3. The van der Waals surface area contributed by atoms with Gasteiger partial charge in [0.05, 0.1) is 25.1 Å². The highest BCUT2D eigenvalue weighted by molar-refractivity contribution is 7.61. The quantitative estimate of drug-likeness (QED) is 0.0473. The van der Waals surface area contributed by atoms with E-state index < -0.39 is 134 Å². The molecule has 10 atom stereocenters. The molecule has 2 aliphatic rings. The van der Waals surface area contributed by atoms with Crippen LogP contribution in [0.5, 0.6) is 5.75 Å². The van der Waals surface area contributed by atoms with Crippen molar-refractivity contribution >= 4 is 76.9 Å². The van der Waals surface area contributed by atoms with E-state index in [0.29, 0.717) is 17.2 Å². The lowest BCUT2D eigenvalue weighted by atomic mass is 10.1. The highest BCUT2D eigenvalue weighted by Gasteiger charge is 2.58. The molecule has 0 bridgehead atoms. The summed E-state index contributed by atoms with van der Waals surface area (Å²) >= 11 is 0. The van der Waals surface area contributed by atoms with Gasteiger partial charge in [-0.2, -0.15) is 17.5 Å². The lowest BCUT2D eigenvalue weighted by molar-refractivity contribution is -0.136. The van der Waals surface area contributed by atoms with E-state index in [9.17, 15) is 32.0 Å². The summed E-state index contributed by atoms with van der Waals surface area (Å²) in [7, 11) is -20.5. The number of imidazole rings is 1. The first-order valence-electron chi connectivity index (χ1n) is 26.4. The molecule has 2 aliphatic heterocycles. The SMILES string of the molecule is COP(=O)(OCC1OC(Oc2ccc3c(C(F)(F)F)cc(=O)oc3c2)C(O[Si](C)(C)C(C)(C)C)C1O[Si](C)(C)C(C)(C)C)OP(=O)(O)OCC1OC(n2cnc3c(N)ncnc32)C(O[Si](C)(C)C(C)(C)C)C1O[Si](C)(C)C(C)(C)C. The molecule has 0 aliphatic carbocycles. The maximum atomic E-state index is 14.6. The zero-order chi connectivity index (χ0) is 60.6. The molecule has 21 nitrogen and oxygen atoms in total. The second-order valence-corrected chi connectivity index (χ2v) is 49.0. The van der Waals surface area contributed by atoms with Crippen molar-refractivity contribution in [1.29, 1.82) is 0 Å². The predicted octanol–water partition coefficient (Wildman–Crippen LogP) is 12.7. The molecule has 0 spiro atoms. The van der Waals surface area contributed by atoms with Gasteiger partial charge in [0.1, 0.15) is 59.8 Å². The minimum Gasteiger partial charge on any atom is -0.462 e. The second-order valence-electron chi connectivity index (χ2n) is 26.6. The normalized spacial score (nSPS) is 24.9. The molecule has 452 valence electrons. The molecule has 1 aromatic carbocycles. The van der Waals surface area contributed by atoms with Crippen LogP contribution in [0, 0.1) is 0 Å². The average molecular weight is 1240 g/mol. The van der Waals surface area contributed by atoms with Crippen molar-refractivity contribution in [3.05, 3.63) is 52.9 Å². The molecule has 0 radical (unpaired) electrons. The van der Waals surface area contributed by atoms with Gasteiger partial charge in [0, 0.05) is 24.6 Å². The molecular weight excluding hydrogens is 1160 g/mol. The number of nitrogen functional groups attached to an aromatic ring is 1. The second kappa shape index (κ2) is 22.9. The zero-order valence-electron chi connectivity index (χ0n) is 50.0. The Hall–Kier alpha value is -2.74. The summed E-state index contributed by atoms with van der Waals surface area (Å²) in [6.45, 7) is 39.6. The van der Waals surface area contributed by atoms with Crippen LogP contribution in [-0.2, 0) is 60.4 Å². The number of alkyl halides is 3. The van der Waals surface area contributed by atoms with E-state index >= 15 is 0 Å². The van der Waals surface area contributed by atoms with E-state index in [2.05, 4.69) is 82.7 Å². The van der Waals surface area contributed by atoms with E-state index in [1.165, 1.54) is 18.7 Å². The van der Waals surface area contributed by atoms with E-state index in [-0.39, 0.29) is 37.1 Å². The van der Waals surface area contributed by atoms with Crippen LogP contribution in [0.2, 0.25) is 72.5 Å². The number of phosphoric acid groups is 2. The number of hydrogen-bond donors (Lipinski definition) is 2. The summed E-state index contributed by atoms with van der Waals surface area (Å²) in [6.07, 6.45) is -10.6. The van der Waals surface area contributed by atoms with Gasteiger partial charge in [-0.25, -0.2) is 28.9 Å². The summed E-state index contributed by atoms with van der Waals surface area (Å²) in [4.78, 5) is 36.9. The van der Waals surface area contributed by atoms with Crippen LogP contribution in [0.15, 0.2) is 46.1 Å². The number of ether oxygens (including phenoxy) is 3. The number of nitrogens with two attached hydrogens (primary N) is 1. The van der Waals surface area contributed by atoms with Crippen LogP contribution in [-0.4, -0.2) is 121 Å². The van der Waals surface area contributed by atoms with Gasteiger partial charge < -0.3 is 47.0 Å². The number of benzene rings is 1. The van der Waals surface area contributed by atoms with Crippen molar-refractivity contribution in [1.82, 2.24) is 19.5 Å². The summed E-state index contributed by atoms with van der Waals surface area (Å²) in [5.41, 5.74) is 4.08. The fourth-order valence-electron chi connectivity index (χ4n) is 7.82. The van der Waals surface area contributed by atoms with Crippen molar-refractivity contribution in [3.63, 3.8) is 0 Å². The van der Waals surface area contributed by atoms with E-state index in [0.717, 1.165) is 19.2 Å². The molecule has 3 aromatic heterocycles. The van der Waals surface area contributed by atoms with Gasteiger partial charge in [0.25, 0.3) is 0 Å². The summed E-state index contributed by atoms with van der Waals surface area (Å²) in [5.74, 6) is 0.0958. The highest BCUT2D eigenvalue weighted by Crippen LogP contribution is 2.64. The lowest BCUT2D eigenvalue weighted by Gasteiger charge is -2.44. The van der Waals surface area contributed by atoms with Gasteiger partial charge in [-0.1, -0.05) is 83.1 Å². The largest absolute Gasteiger partial charge is 0.483 e. The van der Waals surface area contributed by atoms with Crippen molar-refractivity contribution < 1.29 is 81.4 Å². The molecule has 3 N–H and O–H groups in total. The van der Waals surface area contributed by atoms with E-state index in [1.54, 1.807) is 4.57 Å². The van der Waals surface area contributed by atoms with Crippen molar-refractivity contribution in [2.45, 2.75) is 211 Å². The van der Waals surface area contributed by atoms with Crippen molar-refractivity contribution in [3.8, 4) is 5.75 Å². The Morgan fingerprint density at radius 1 is 0.688 bits per heavy atom. The maximum Gasteiger partial charge on any atom is 0.483 e. The minimum atomic E-state index is -5.43. The molecule has 10 unspecified atom stereocenters. The molecule has 0 saturated carbocycles. The summed E-state index contributed by atoms with van der Waals surface area (Å²) < 4.78 is 148. The fraction of sp³-hybridized carbons (Fsp3) is 0.720. The average Bonchev–Trinajstić information content (AvgIpc) is 3.95. The smallest absolute Gasteiger partial charge is 0.462 e. The third kappa shape index (κ3) is 14.7. The topological polar surface area (TPSA) is 256 Å². The van der Waals surface area contributed by atoms with Crippen LogP contribution in [0.25, 0.3) is 22.1 Å². The van der Waals surface area contributed by atoms with Crippen LogP contribution in [0.3, 0.4) is 0 Å². The Balaban J connectivity index is 1.32. The van der Waals surface area contributed by atoms with Crippen molar-refractivity contribution in [2.24, 2.45) is 0 Å². The number of hydrogen-bond acceptors (Lipinski definition) is 19. The van der Waals surface area contributed by atoms with Crippen LogP contribution in [0.1, 0.15) is 94.9 Å². The van der Waals surface area contributed by atoms with Gasteiger partial charge in [-0.15, -0.1) is 0 Å². The summed E-state index contributed by atoms with van der Waals surface area (Å²) in [5, 5.41) is -1.75. The summed E-state index contributed by atoms with van der Waals surface area (Å²) in [6, 6.07) is 3.91. The highest BCUT2D eigenvalue weighted by atomic mass is 31.3. The fourth-order valence-corrected chi connectivity index (χ4v) is 15.5. The van der Waals surface area contributed by atoms with Crippen LogP contribution >= 0.6 is 15.6 Å².